The number of hydrogen-bond donors (Lipinski definition) is 1. The Kier molecular flexibility index (Phi) is 6.72. The molecule has 0 fully saturated rings. The maximum Gasteiger partial charge on any atom is 0.260 e. The summed E-state index contributed by atoms with van der Waals surface area (Å²) in [5.41, 5.74) is 3.10. The highest BCUT2D eigenvalue weighted by Crippen LogP contribution is 2.32. The first-order chi connectivity index (χ1) is 12.8. The number of nitrogens with one attached hydrogen (secondary N) is 1. The molecule has 0 aliphatic rings. The van der Waals surface area contributed by atoms with Crippen LogP contribution in [-0.2, 0) is 14.8 Å². The summed E-state index contributed by atoms with van der Waals surface area (Å²) >= 11 is 0. The molecule has 10 heteroatoms. The molecule has 0 saturated heterocycles. The molecule has 0 atom stereocenters. The van der Waals surface area contributed by atoms with Gasteiger partial charge >= 0.3 is 0 Å². The fraction of sp³-hybridized carbons (Fsp3) is 0.235. The first kappa shape index (κ1) is 20.2. The maximum atomic E-state index is 12.1. The van der Waals surface area contributed by atoms with Gasteiger partial charge in [0.25, 0.3) is 5.91 Å². The smallest absolute Gasteiger partial charge is 0.260 e. The summed E-state index contributed by atoms with van der Waals surface area (Å²) in [6, 6.07) is 9.80. The van der Waals surface area contributed by atoms with Crippen LogP contribution in [0, 0.1) is 0 Å². The molecular formula is C17H20N4O5S. The third-order valence-electron chi connectivity index (χ3n) is 3.42. The SMILES string of the molecule is COc1ccc(N(CC(=O)N/N=C\c2ccccn2)S(C)(=O)=O)cc1OC. The van der Waals surface area contributed by atoms with Crippen LogP contribution in [0.15, 0.2) is 47.7 Å². The summed E-state index contributed by atoms with van der Waals surface area (Å²) in [5, 5.41) is 3.78. The molecule has 1 heterocycles. The van der Waals surface area contributed by atoms with Gasteiger partial charge in [0.1, 0.15) is 6.54 Å². The number of sulfonamides is 1. The number of benzene rings is 1. The van der Waals surface area contributed by atoms with Crippen molar-refractivity contribution in [3.8, 4) is 11.5 Å². The zero-order chi connectivity index (χ0) is 19.9. The van der Waals surface area contributed by atoms with E-state index in [4.69, 9.17) is 9.47 Å². The summed E-state index contributed by atoms with van der Waals surface area (Å²) in [4.78, 5) is 16.2. The van der Waals surface area contributed by atoms with Crippen LogP contribution in [0.2, 0.25) is 0 Å². The van der Waals surface area contributed by atoms with Gasteiger partial charge in [0, 0.05) is 12.3 Å². The number of hydrazone groups is 1. The minimum atomic E-state index is -3.72. The third-order valence-corrected chi connectivity index (χ3v) is 4.56. The molecule has 0 bridgehead atoms. The van der Waals surface area contributed by atoms with Gasteiger partial charge in [0.15, 0.2) is 11.5 Å². The van der Waals surface area contributed by atoms with E-state index in [0.29, 0.717) is 17.2 Å². The Morgan fingerprint density at radius 2 is 1.96 bits per heavy atom. The molecule has 1 amide bonds. The number of pyridine rings is 1. The summed E-state index contributed by atoms with van der Waals surface area (Å²) < 4.78 is 35.5. The van der Waals surface area contributed by atoms with E-state index < -0.39 is 22.5 Å². The molecule has 0 unspecified atom stereocenters. The van der Waals surface area contributed by atoms with Crippen molar-refractivity contribution in [1.29, 1.82) is 0 Å². The highest BCUT2D eigenvalue weighted by atomic mass is 32.2. The van der Waals surface area contributed by atoms with Gasteiger partial charge in [-0.3, -0.25) is 14.1 Å². The minimum absolute atomic E-state index is 0.263. The Balaban J connectivity index is 2.15. The van der Waals surface area contributed by atoms with Crippen LogP contribution in [0.25, 0.3) is 0 Å². The zero-order valence-corrected chi connectivity index (χ0v) is 15.9. The Hall–Kier alpha value is -3.14. The molecule has 0 radical (unpaired) electrons. The second kappa shape index (κ2) is 8.99. The quantitative estimate of drug-likeness (QED) is 0.530. The van der Waals surface area contributed by atoms with Crippen LogP contribution in [-0.4, -0.2) is 52.5 Å². The lowest BCUT2D eigenvalue weighted by Gasteiger charge is -2.22. The Morgan fingerprint density at radius 1 is 1.22 bits per heavy atom. The summed E-state index contributed by atoms with van der Waals surface area (Å²) in [5.74, 6) is 0.179. The first-order valence-corrected chi connectivity index (χ1v) is 9.62. The summed E-state index contributed by atoms with van der Waals surface area (Å²) in [7, 11) is -0.816. The third kappa shape index (κ3) is 5.68. The Morgan fingerprint density at radius 3 is 2.56 bits per heavy atom. The minimum Gasteiger partial charge on any atom is -0.493 e. The fourth-order valence-corrected chi connectivity index (χ4v) is 3.02. The van der Waals surface area contributed by atoms with Crippen molar-refractivity contribution < 1.29 is 22.7 Å². The van der Waals surface area contributed by atoms with E-state index >= 15 is 0 Å². The number of ether oxygens (including phenoxy) is 2. The van der Waals surface area contributed by atoms with Gasteiger partial charge < -0.3 is 9.47 Å². The number of rotatable bonds is 8. The van der Waals surface area contributed by atoms with Crippen molar-refractivity contribution >= 4 is 27.8 Å². The lowest BCUT2D eigenvalue weighted by atomic mass is 10.2. The number of carbonyl (C=O) groups excluding carboxylic acids is 1. The number of amides is 1. The van der Waals surface area contributed by atoms with E-state index in [0.717, 1.165) is 10.6 Å². The molecule has 0 saturated carbocycles. The molecule has 1 N–H and O–H groups in total. The van der Waals surface area contributed by atoms with Crippen LogP contribution < -0.4 is 19.2 Å². The molecule has 27 heavy (non-hydrogen) atoms. The molecule has 1 aromatic carbocycles. The average molecular weight is 392 g/mol. The van der Waals surface area contributed by atoms with E-state index in [2.05, 4.69) is 15.5 Å². The van der Waals surface area contributed by atoms with Crippen molar-refractivity contribution in [2.45, 2.75) is 0 Å². The standard InChI is InChI=1S/C17H20N4O5S/c1-25-15-8-7-14(10-16(15)26-2)21(27(3,23)24)12-17(22)20-19-11-13-6-4-5-9-18-13/h4-11H,12H2,1-3H3,(H,20,22)/b19-11-. The van der Waals surface area contributed by atoms with Gasteiger partial charge in [-0.2, -0.15) is 5.10 Å². The van der Waals surface area contributed by atoms with Crippen LogP contribution in [0.5, 0.6) is 11.5 Å². The molecule has 0 spiro atoms. The van der Waals surface area contributed by atoms with Crippen molar-refractivity contribution in [3.63, 3.8) is 0 Å². The Labute approximate surface area is 157 Å². The summed E-state index contributed by atoms with van der Waals surface area (Å²) in [6.45, 7) is -0.451. The van der Waals surface area contributed by atoms with Crippen molar-refractivity contribution in [3.05, 3.63) is 48.3 Å². The predicted molar refractivity (Wildman–Crippen MR) is 102 cm³/mol. The zero-order valence-electron chi connectivity index (χ0n) is 15.1. The lowest BCUT2D eigenvalue weighted by molar-refractivity contribution is -0.119. The van der Waals surface area contributed by atoms with Crippen molar-refractivity contribution in [1.82, 2.24) is 10.4 Å². The molecule has 144 valence electrons. The van der Waals surface area contributed by atoms with Crippen LogP contribution in [0.1, 0.15) is 5.69 Å². The maximum absolute atomic E-state index is 12.1. The van der Waals surface area contributed by atoms with Gasteiger partial charge in [0.2, 0.25) is 10.0 Å². The molecule has 0 aliphatic carbocycles. The lowest BCUT2D eigenvalue weighted by Crippen LogP contribution is -2.39. The molecule has 1 aromatic heterocycles. The number of aromatic nitrogens is 1. The van der Waals surface area contributed by atoms with E-state index in [-0.39, 0.29) is 5.69 Å². The van der Waals surface area contributed by atoms with E-state index in [9.17, 15) is 13.2 Å². The predicted octanol–water partition coefficient (Wildman–Crippen LogP) is 1.02. The fourth-order valence-electron chi connectivity index (χ4n) is 2.17. The van der Waals surface area contributed by atoms with Crippen LogP contribution >= 0.6 is 0 Å². The molecule has 0 aliphatic heterocycles. The topological polar surface area (TPSA) is 110 Å². The van der Waals surface area contributed by atoms with Gasteiger partial charge in [-0.05, 0) is 24.3 Å². The van der Waals surface area contributed by atoms with Gasteiger partial charge in [-0.1, -0.05) is 6.07 Å². The normalized spacial score (nSPS) is 11.2. The number of anilines is 1. The molecule has 9 nitrogen and oxygen atoms in total. The van der Waals surface area contributed by atoms with Crippen molar-refractivity contribution in [2.24, 2.45) is 5.10 Å². The summed E-state index contributed by atoms with van der Waals surface area (Å²) in [6.07, 6.45) is 3.96. The Bertz CT molecular complexity index is 916. The van der Waals surface area contributed by atoms with Gasteiger partial charge in [0.05, 0.1) is 38.1 Å². The first-order valence-electron chi connectivity index (χ1n) is 7.78. The van der Waals surface area contributed by atoms with Crippen molar-refractivity contribution in [2.75, 3.05) is 31.3 Å². The second-order valence-electron chi connectivity index (χ2n) is 5.36. The number of nitrogens with zero attached hydrogens (tertiary/aromatic N) is 3. The van der Waals surface area contributed by atoms with Crippen LogP contribution in [0.4, 0.5) is 5.69 Å². The largest absolute Gasteiger partial charge is 0.493 e. The monoisotopic (exact) mass is 392 g/mol. The highest BCUT2D eigenvalue weighted by Gasteiger charge is 2.22. The molecule has 2 aromatic rings. The van der Waals surface area contributed by atoms with Gasteiger partial charge in [-0.25, -0.2) is 13.8 Å². The number of carbonyl (C=O) groups is 1. The second-order valence-corrected chi connectivity index (χ2v) is 7.26. The van der Waals surface area contributed by atoms with Crippen LogP contribution in [0.3, 0.4) is 0 Å². The molecular weight excluding hydrogens is 372 g/mol. The number of hydrogen-bond acceptors (Lipinski definition) is 7. The van der Waals surface area contributed by atoms with Gasteiger partial charge in [-0.15, -0.1) is 0 Å². The van der Waals surface area contributed by atoms with E-state index in [1.807, 2.05) is 0 Å². The average Bonchev–Trinajstić information content (AvgIpc) is 2.65. The van der Waals surface area contributed by atoms with E-state index in [1.165, 1.54) is 32.6 Å². The number of methoxy groups -OCH3 is 2. The highest BCUT2D eigenvalue weighted by molar-refractivity contribution is 7.92. The molecule has 2 rings (SSSR count). The van der Waals surface area contributed by atoms with E-state index in [1.54, 1.807) is 30.5 Å².